The molecule has 2 aromatic carbocycles. The molecule has 0 fully saturated rings. The van der Waals surface area contributed by atoms with Gasteiger partial charge in [0.15, 0.2) is 5.78 Å². The summed E-state index contributed by atoms with van der Waals surface area (Å²) in [5.74, 6) is -0.141. The van der Waals surface area contributed by atoms with Crippen molar-refractivity contribution in [1.82, 2.24) is 0 Å². The van der Waals surface area contributed by atoms with E-state index in [2.05, 4.69) is 36.9 Å². The highest BCUT2D eigenvalue weighted by Crippen LogP contribution is 2.51. The largest absolute Gasteiger partial charge is 0.344 e. The Labute approximate surface area is 182 Å². The molecule has 31 heavy (non-hydrogen) atoms. The molecule has 0 unspecified atom stereocenters. The number of para-hydroxylation sites is 1. The average molecular weight is 403 g/mol. The van der Waals surface area contributed by atoms with Crippen molar-refractivity contribution < 1.29 is 4.79 Å². The molecule has 0 spiro atoms. The number of nitriles is 2. The standard InChI is InChI=1S/C27H21N3O/c1-27(2)22-11-5-7-17-8-6-14-30(25(17)22)23(27)13-12-21-24(18(15-28)16-29)19-9-3-4-10-20(19)26(21)31/h3-5,7,9-13H,6,8,14H2,1-2H3/b21-12-,23-13-. The number of rotatable bonds is 1. The number of carbonyl (C=O) groups is 1. The third kappa shape index (κ3) is 2.62. The Hall–Kier alpha value is -3.89. The number of allylic oxidation sites excluding steroid dienone is 6. The van der Waals surface area contributed by atoms with Crippen LogP contribution in [0.5, 0.6) is 0 Å². The van der Waals surface area contributed by atoms with Crippen molar-refractivity contribution >= 4 is 17.0 Å². The van der Waals surface area contributed by atoms with Gasteiger partial charge in [-0.2, -0.15) is 10.5 Å². The first-order chi connectivity index (χ1) is 15.0. The summed E-state index contributed by atoms with van der Waals surface area (Å²) in [6.07, 6.45) is 5.99. The number of benzene rings is 2. The summed E-state index contributed by atoms with van der Waals surface area (Å²) in [6.45, 7) is 5.37. The van der Waals surface area contributed by atoms with Gasteiger partial charge in [-0.1, -0.05) is 56.3 Å². The van der Waals surface area contributed by atoms with Crippen LogP contribution in [0.2, 0.25) is 0 Å². The number of hydrogen-bond acceptors (Lipinski definition) is 4. The maximum Gasteiger partial charge on any atom is 0.194 e. The SMILES string of the molecule is CC1(C)/C(=C/C=C2\C(=O)c3ccccc3C2=C(C#N)C#N)N2CCCc3cccc1c32. The van der Waals surface area contributed by atoms with Gasteiger partial charge in [-0.05, 0) is 41.7 Å². The summed E-state index contributed by atoms with van der Waals surface area (Å²) in [4.78, 5) is 15.6. The molecule has 150 valence electrons. The third-order valence-electron chi connectivity index (χ3n) is 6.66. The smallest absolute Gasteiger partial charge is 0.194 e. The van der Waals surface area contributed by atoms with Gasteiger partial charge in [-0.25, -0.2) is 0 Å². The van der Waals surface area contributed by atoms with Crippen LogP contribution in [0.1, 0.15) is 47.3 Å². The van der Waals surface area contributed by atoms with Gasteiger partial charge in [-0.15, -0.1) is 0 Å². The highest BCUT2D eigenvalue weighted by atomic mass is 16.1. The van der Waals surface area contributed by atoms with E-state index in [1.165, 1.54) is 16.8 Å². The number of ketones is 1. The van der Waals surface area contributed by atoms with E-state index in [-0.39, 0.29) is 16.8 Å². The number of aryl methyl sites for hydroxylation is 1. The van der Waals surface area contributed by atoms with E-state index in [0.717, 1.165) is 25.1 Å². The molecule has 5 rings (SSSR count). The van der Waals surface area contributed by atoms with E-state index in [4.69, 9.17) is 0 Å². The maximum atomic E-state index is 13.2. The van der Waals surface area contributed by atoms with Gasteiger partial charge in [-0.3, -0.25) is 4.79 Å². The Morgan fingerprint density at radius 3 is 2.52 bits per heavy atom. The Morgan fingerprint density at radius 1 is 1.03 bits per heavy atom. The van der Waals surface area contributed by atoms with Crippen LogP contribution < -0.4 is 4.90 Å². The van der Waals surface area contributed by atoms with E-state index >= 15 is 0 Å². The summed E-state index contributed by atoms with van der Waals surface area (Å²) in [7, 11) is 0. The zero-order chi connectivity index (χ0) is 21.8. The molecule has 3 aliphatic rings. The lowest BCUT2D eigenvalue weighted by Crippen LogP contribution is -2.29. The molecule has 0 aromatic heterocycles. The predicted molar refractivity (Wildman–Crippen MR) is 120 cm³/mol. The maximum absolute atomic E-state index is 13.2. The zero-order valence-electron chi connectivity index (χ0n) is 17.6. The summed E-state index contributed by atoms with van der Waals surface area (Å²) in [5, 5.41) is 19.0. The van der Waals surface area contributed by atoms with Gasteiger partial charge < -0.3 is 4.90 Å². The minimum absolute atomic E-state index is 0.0304. The molecule has 0 bridgehead atoms. The highest BCUT2D eigenvalue weighted by Gasteiger charge is 2.42. The van der Waals surface area contributed by atoms with E-state index < -0.39 is 0 Å². The number of nitrogens with zero attached hydrogens (tertiary/aromatic N) is 3. The van der Waals surface area contributed by atoms with Crippen molar-refractivity contribution in [3.63, 3.8) is 0 Å². The minimum Gasteiger partial charge on any atom is -0.344 e. The Bertz CT molecular complexity index is 1310. The first kappa shape index (κ1) is 19.1. The molecule has 0 radical (unpaired) electrons. The van der Waals surface area contributed by atoms with Crippen LogP contribution in [0, 0.1) is 22.7 Å². The van der Waals surface area contributed by atoms with Gasteiger partial charge in [0.05, 0.1) is 0 Å². The summed E-state index contributed by atoms with van der Waals surface area (Å²) >= 11 is 0. The van der Waals surface area contributed by atoms with Crippen LogP contribution in [-0.4, -0.2) is 12.3 Å². The van der Waals surface area contributed by atoms with Crippen LogP contribution in [0.3, 0.4) is 0 Å². The fourth-order valence-corrected chi connectivity index (χ4v) is 5.20. The van der Waals surface area contributed by atoms with Crippen molar-refractivity contribution in [2.45, 2.75) is 32.1 Å². The van der Waals surface area contributed by atoms with Crippen LogP contribution >= 0.6 is 0 Å². The molecular formula is C27H21N3O. The van der Waals surface area contributed by atoms with Crippen LogP contribution in [-0.2, 0) is 11.8 Å². The van der Waals surface area contributed by atoms with E-state index in [1.807, 2.05) is 30.4 Å². The van der Waals surface area contributed by atoms with Crippen LogP contribution in [0.25, 0.3) is 5.57 Å². The normalized spacial score (nSPS) is 20.5. The predicted octanol–water partition coefficient (Wildman–Crippen LogP) is 5.24. The summed E-state index contributed by atoms with van der Waals surface area (Å²) in [5.41, 5.74) is 6.94. The van der Waals surface area contributed by atoms with E-state index in [9.17, 15) is 15.3 Å². The molecule has 4 nitrogen and oxygen atoms in total. The van der Waals surface area contributed by atoms with Crippen LogP contribution in [0.15, 0.2) is 71.5 Å². The fraction of sp³-hybridized carbons (Fsp3) is 0.222. The third-order valence-corrected chi connectivity index (χ3v) is 6.66. The van der Waals surface area contributed by atoms with Gasteiger partial charge in [0.1, 0.15) is 17.7 Å². The summed E-state index contributed by atoms with van der Waals surface area (Å²) in [6, 6.07) is 17.7. The Kier molecular flexibility index (Phi) is 4.20. The molecule has 1 aliphatic carbocycles. The molecule has 0 saturated heterocycles. The van der Waals surface area contributed by atoms with Gasteiger partial charge >= 0.3 is 0 Å². The van der Waals surface area contributed by atoms with Crippen molar-refractivity contribution in [2.75, 3.05) is 11.4 Å². The van der Waals surface area contributed by atoms with Crippen molar-refractivity contribution in [3.8, 4) is 12.1 Å². The van der Waals surface area contributed by atoms with Crippen LogP contribution in [0.4, 0.5) is 5.69 Å². The van der Waals surface area contributed by atoms with Crippen molar-refractivity contribution in [2.24, 2.45) is 0 Å². The lowest BCUT2D eigenvalue weighted by molar-refractivity contribution is 0.104. The number of anilines is 1. The first-order valence-electron chi connectivity index (χ1n) is 10.5. The number of Topliss-reactive ketones (excluding diaryl/α,β-unsaturated/α-hetero) is 1. The number of carbonyl (C=O) groups excluding carboxylic acids is 1. The van der Waals surface area contributed by atoms with Gasteiger partial charge in [0, 0.05) is 40.1 Å². The number of fused-ring (bicyclic) bond motifs is 1. The van der Waals surface area contributed by atoms with Crippen molar-refractivity contribution in [1.29, 1.82) is 10.5 Å². The molecule has 0 saturated carbocycles. The minimum atomic E-state index is -0.196. The quantitative estimate of drug-likeness (QED) is 0.482. The van der Waals surface area contributed by atoms with Gasteiger partial charge in [0.2, 0.25) is 0 Å². The molecule has 0 amide bonds. The Balaban J connectivity index is 1.69. The van der Waals surface area contributed by atoms with E-state index in [0.29, 0.717) is 22.3 Å². The molecule has 2 aliphatic heterocycles. The molecule has 2 aromatic rings. The van der Waals surface area contributed by atoms with Gasteiger partial charge in [0.25, 0.3) is 0 Å². The molecule has 0 atom stereocenters. The molecular weight excluding hydrogens is 382 g/mol. The molecule has 0 N–H and O–H groups in total. The lowest BCUT2D eigenvalue weighted by Gasteiger charge is -2.30. The second kappa shape index (κ2) is 6.83. The topological polar surface area (TPSA) is 67.9 Å². The molecule has 4 heteroatoms. The average Bonchev–Trinajstić information content (AvgIpc) is 3.18. The van der Waals surface area contributed by atoms with Crippen molar-refractivity contribution in [3.05, 3.63) is 93.7 Å². The first-order valence-corrected chi connectivity index (χ1v) is 10.5. The summed E-state index contributed by atoms with van der Waals surface area (Å²) < 4.78 is 0. The second-order valence-corrected chi connectivity index (χ2v) is 8.67. The lowest BCUT2D eigenvalue weighted by atomic mass is 9.83. The molecule has 2 heterocycles. The fourth-order valence-electron chi connectivity index (χ4n) is 5.20. The Morgan fingerprint density at radius 2 is 1.77 bits per heavy atom. The number of hydrogen-bond donors (Lipinski definition) is 0. The second-order valence-electron chi connectivity index (χ2n) is 8.67. The zero-order valence-corrected chi connectivity index (χ0v) is 17.6. The van der Waals surface area contributed by atoms with E-state index in [1.54, 1.807) is 18.2 Å². The monoisotopic (exact) mass is 403 g/mol. The highest BCUT2D eigenvalue weighted by molar-refractivity contribution is 6.27.